The molecule has 1 fully saturated rings. The van der Waals surface area contributed by atoms with Crippen molar-refractivity contribution < 1.29 is 4.79 Å². The third-order valence-electron chi connectivity index (χ3n) is 6.78. The van der Waals surface area contributed by atoms with Crippen molar-refractivity contribution in [1.82, 2.24) is 4.90 Å². The van der Waals surface area contributed by atoms with E-state index in [9.17, 15) is 4.79 Å². The lowest BCUT2D eigenvalue weighted by Gasteiger charge is -2.30. The van der Waals surface area contributed by atoms with E-state index in [2.05, 4.69) is 64.3 Å². The van der Waals surface area contributed by atoms with Gasteiger partial charge in [-0.25, -0.2) is 0 Å². The molecule has 188 valence electrons. The first-order valence-electron chi connectivity index (χ1n) is 13.2. The number of hydrogen-bond acceptors (Lipinski definition) is 1. The molecular weight excluding hydrogens is 426 g/mol. The smallest absolute Gasteiger partial charge is 0.230 e. The summed E-state index contributed by atoms with van der Waals surface area (Å²) < 4.78 is 0. The van der Waals surface area contributed by atoms with Gasteiger partial charge < -0.3 is 4.90 Å². The molecule has 0 atom stereocenters. The zero-order valence-corrected chi connectivity index (χ0v) is 22.7. The zero-order chi connectivity index (χ0) is 25.8. The van der Waals surface area contributed by atoms with Gasteiger partial charge in [0.2, 0.25) is 5.91 Å². The molecule has 0 aromatic heterocycles. The molecule has 0 spiro atoms. The monoisotopic (exact) mass is 471 g/mol. The first kappa shape index (κ1) is 28.4. The quantitative estimate of drug-likeness (QED) is 0.294. The summed E-state index contributed by atoms with van der Waals surface area (Å²) in [6.45, 7) is 19.2. The van der Waals surface area contributed by atoms with Crippen LogP contribution in [0.5, 0.6) is 0 Å². The van der Waals surface area contributed by atoms with Gasteiger partial charge in [0.05, 0.1) is 6.54 Å². The minimum atomic E-state index is 0.109. The fourth-order valence-electron chi connectivity index (χ4n) is 4.68. The summed E-state index contributed by atoms with van der Waals surface area (Å²) in [4.78, 5) is 15.6. The van der Waals surface area contributed by atoms with Gasteiger partial charge in [-0.3, -0.25) is 4.79 Å². The summed E-state index contributed by atoms with van der Waals surface area (Å²) in [5.41, 5.74) is 7.96. The van der Waals surface area contributed by atoms with Crippen LogP contribution >= 0.6 is 0 Å². The number of benzene rings is 1. The van der Waals surface area contributed by atoms with Gasteiger partial charge in [0.15, 0.2) is 0 Å². The van der Waals surface area contributed by atoms with Gasteiger partial charge >= 0.3 is 0 Å². The van der Waals surface area contributed by atoms with Crippen molar-refractivity contribution in [3.63, 3.8) is 0 Å². The van der Waals surface area contributed by atoms with Gasteiger partial charge in [0, 0.05) is 11.6 Å². The van der Waals surface area contributed by atoms with Crippen LogP contribution in [0.3, 0.4) is 0 Å². The van der Waals surface area contributed by atoms with Crippen LogP contribution in [0.1, 0.15) is 90.7 Å². The second-order valence-electron chi connectivity index (χ2n) is 9.89. The summed E-state index contributed by atoms with van der Waals surface area (Å²) in [7, 11) is 0. The van der Waals surface area contributed by atoms with E-state index in [0.717, 1.165) is 66.5 Å². The van der Waals surface area contributed by atoms with Crippen LogP contribution < -0.4 is 0 Å². The molecule has 2 rings (SSSR count). The molecule has 2 nitrogen and oxygen atoms in total. The van der Waals surface area contributed by atoms with Gasteiger partial charge in [0.1, 0.15) is 0 Å². The Kier molecular flexibility index (Phi) is 11.8. The average Bonchev–Trinajstić information content (AvgIpc) is 2.86. The van der Waals surface area contributed by atoms with Crippen molar-refractivity contribution in [2.45, 2.75) is 86.1 Å². The summed E-state index contributed by atoms with van der Waals surface area (Å²) in [5, 5.41) is 0. The molecule has 1 aliphatic carbocycles. The first-order chi connectivity index (χ1) is 16.8. The number of amides is 1. The van der Waals surface area contributed by atoms with E-state index in [1.54, 1.807) is 0 Å². The minimum Gasteiger partial charge on any atom is -0.308 e. The van der Waals surface area contributed by atoms with Crippen molar-refractivity contribution in [3.8, 4) is 0 Å². The molecule has 1 aliphatic rings. The molecule has 1 aromatic carbocycles. The molecule has 0 aliphatic heterocycles. The molecule has 0 unspecified atom stereocenters. The van der Waals surface area contributed by atoms with Crippen LogP contribution in [0, 0.1) is 5.92 Å². The Morgan fingerprint density at radius 3 is 2.26 bits per heavy atom. The molecule has 35 heavy (non-hydrogen) atoms. The van der Waals surface area contributed by atoms with Crippen molar-refractivity contribution in [2.24, 2.45) is 5.92 Å². The fraction of sp³-hybridized carbons (Fsp3) is 0.424. The van der Waals surface area contributed by atoms with Crippen LogP contribution in [-0.4, -0.2) is 10.8 Å². The second-order valence-corrected chi connectivity index (χ2v) is 9.89. The third-order valence-corrected chi connectivity index (χ3v) is 6.78. The van der Waals surface area contributed by atoms with Gasteiger partial charge in [-0.15, -0.1) is 0 Å². The lowest BCUT2D eigenvalue weighted by molar-refractivity contribution is -0.134. The highest BCUT2D eigenvalue weighted by molar-refractivity contribution is 5.81. The van der Waals surface area contributed by atoms with Gasteiger partial charge in [-0.2, -0.15) is 0 Å². The first-order valence-corrected chi connectivity index (χ1v) is 13.2. The average molecular weight is 472 g/mol. The molecule has 1 amide bonds. The highest BCUT2D eigenvalue weighted by Crippen LogP contribution is 2.29. The number of hydrogen-bond donors (Lipinski definition) is 0. The highest BCUT2D eigenvalue weighted by Gasteiger charge is 2.27. The Hall–Kier alpha value is -2.87. The minimum absolute atomic E-state index is 0.109. The Morgan fingerprint density at radius 1 is 1.06 bits per heavy atom. The Balaban J connectivity index is 2.35. The summed E-state index contributed by atoms with van der Waals surface area (Å²) in [6, 6.07) is 8.57. The number of carbonyl (C=O) groups excluding carboxylic acids is 1. The van der Waals surface area contributed by atoms with Crippen molar-refractivity contribution in [1.29, 1.82) is 0 Å². The molecule has 1 saturated carbocycles. The number of nitrogens with zero attached hydrogens (tertiary/aromatic N) is 1. The van der Waals surface area contributed by atoms with Gasteiger partial charge in [0.25, 0.3) is 0 Å². The van der Waals surface area contributed by atoms with E-state index in [4.69, 9.17) is 0 Å². The van der Waals surface area contributed by atoms with E-state index in [1.165, 1.54) is 17.6 Å². The largest absolute Gasteiger partial charge is 0.308 e. The highest BCUT2D eigenvalue weighted by atomic mass is 16.2. The van der Waals surface area contributed by atoms with Gasteiger partial charge in [-0.05, 0) is 75.8 Å². The standard InChI is InChI=1S/C33H45NO/c1-8-14-26(6)27(7)23-29(10-3)30-20-18-28(19-21-30)24-34(32(15-9-2)22-25(4)5)33(35)31-16-12-11-13-17-31/h9-10,15,18-23,31H,3-4,8,11-14,16-17,24H2,1-2,5-7H3/b15-9-,27-26+,29-23+,32-22+. The lowest BCUT2D eigenvalue weighted by Crippen LogP contribution is -2.35. The molecule has 0 saturated heterocycles. The molecule has 0 radical (unpaired) electrons. The predicted octanol–water partition coefficient (Wildman–Crippen LogP) is 9.34. The third kappa shape index (κ3) is 8.69. The van der Waals surface area contributed by atoms with Crippen LogP contribution in [-0.2, 0) is 11.3 Å². The number of rotatable bonds is 11. The van der Waals surface area contributed by atoms with E-state index in [1.807, 2.05) is 43.1 Å². The van der Waals surface area contributed by atoms with E-state index in [0.29, 0.717) is 6.54 Å². The molecule has 2 heteroatoms. The molecule has 1 aromatic rings. The number of allylic oxidation sites excluding steroid dienone is 9. The second kappa shape index (κ2) is 14.5. The molecule has 0 heterocycles. The molecule has 0 N–H and O–H groups in total. The van der Waals surface area contributed by atoms with E-state index in [-0.39, 0.29) is 11.8 Å². The Morgan fingerprint density at radius 2 is 1.71 bits per heavy atom. The Bertz CT molecular complexity index is 994. The van der Waals surface area contributed by atoms with Crippen molar-refractivity contribution >= 4 is 11.5 Å². The lowest BCUT2D eigenvalue weighted by atomic mass is 9.88. The number of carbonyl (C=O) groups is 1. The van der Waals surface area contributed by atoms with E-state index < -0.39 is 0 Å². The van der Waals surface area contributed by atoms with Crippen LogP contribution in [0.2, 0.25) is 0 Å². The maximum atomic E-state index is 13.7. The summed E-state index contributed by atoms with van der Waals surface area (Å²) in [6.07, 6.45) is 18.0. The van der Waals surface area contributed by atoms with Crippen LogP contribution in [0.4, 0.5) is 0 Å². The zero-order valence-electron chi connectivity index (χ0n) is 22.7. The maximum Gasteiger partial charge on any atom is 0.230 e. The van der Waals surface area contributed by atoms with E-state index >= 15 is 0 Å². The van der Waals surface area contributed by atoms with Crippen LogP contribution in [0.15, 0.2) is 90.2 Å². The molecular formula is C33H45NO. The maximum absolute atomic E-state index is 13.7. The normalized spacial score (nSPS) is 16.3. The van der Waals surface area contributed by atoms with Gasteiger partial charge in [-0.1, -0.05) is 105 Å². The SMILES string of the molecule is C=C/C(=C\C(C)=C(/C)CCC)c1ccc(CN(C(=O)C2CCCCC2)C(/C=C\C)=C/C(=C)C)cc1. The van der Waals surface area contributed by atoms with Crippen molar-refractivity contribution in [2.75, 3.05) is 0 Å². The topological polar surface area (TPSA) is 20.3 Å². The predicted molar refractivity (Wildman–Crippen MR) is 153 cm³/mol. The molecule has 0 bridgehead atoms. The Labute approximate surface area is 214 Å². The summed E-state index contributed by atoms with van der Waals surface area (Å²) >= 11 is 0. The van der Waals surface area contributed by atoms with Crippen molar-refractivity contribution in [3.05, 3.63) is 101 Å². The van der Waals surface area contributed by atoms with Crippen LogP contribution in [0.25, 0.3) is 5.57 Å². The fourth-order valence-corrected chi connectivity index (χ4v) is 4.68. The summed E-state index contributed by atoms with van der Waals surface area (Å²) in [5.74, 6) is 0.344.